The summed E-state index contributed by atoms with van der Waals surface area (Å²) in [4.78, 5) is 15.1. The highest BCUT2D eigenvalue weighted by atomic mass is 16.5. The molecule has 1 amide bonds. The van der Waals surface area contributed by atoms with Crippen molar-refractivity contribution in [2.24, 2.45) is 5.92 Å². The first-order valence-electron chi connectivity index (χ1n) is 10.4. The maximum atomic E-state index is 13.0. The largest absolute Gasteiger partial charge is 0.381 e. The molecule has 2 aliphatic heterocycles. The average molecular weight is 394 g/mol. The molecule has 3 rings (SSSR count). The highest BCUT2D eigenvalue weighted by Gasteiger charge is 2.38. The number of carbonyl (C=O) groups is 1. The van der Waals surface area contributed by atoms with Crippen molar-refractivity contribution in [1.29, 1.82) is 0 Å². The average Bonchev–Trinajstić information content (AvgIpc) is 3.18. The Morgan fingerprint density at radius 1 is 1.07 bits per heavy atom. The van der Waals surface area contributed by atoms with Crippen LogP contribution in [-0.4, -0.2) is 61.0 Å². The van der Waals surface area contributed by atoms with Crippen LogP contribution >= 0.6 is 0 Å². The lowest BCUT2D eigenvalue weighted by molar-refractivity contribution is -0.128. The molecule has 2 aliphatic rings. The molecule has 7 heteroatoms. The van der Waals surface area contributed by atoms with Crippen LogP contribution in [0.5, 0.6) is 0 Å². The van der Waals surface area contributed by atoms with Gasteiger partial charge in [-0.3, -0.25) is 15.0 Å². The van der Waals surface area contributed by atoms with Crippen LogP contribution in [-0.2, 0) is 19.7 Å². The van der Waals surface area contributed by atoms with Crippen LogP contribution < -0.4 is 5.32 Å². The fraction of sp³-hybridized carbons (Fsp3) is 0.810. The van der Waals surface area contributed by atoms with Crippen LogP contribution in [0.1, 0.15) is 59.1 Å². The van der Waals surface area contributed by atoms with E-state index in [-0.39, 0.29) is 11.3 Å². The molecule has 3 heterocycles. The highest BCUT2D eigenvalue weighted by Crippen LogP contribution is 2.38. The van der Waals surface area contributed by atoms with E-state index in [0.717, 1.165) is 57.8 Å². The first-order chi connectivity index (χ1) is 13.2. The van der Waals surface area contributed by atoms with E-state index in [1.807, 2.05) is 27.0 Å². The number of aromatic nitrogens is 1. The standard InChI is InChI=1S/C21H35N3O4/c1-20(2,15-6-10-26-11-7-15)17-14-18(28-23-17)22-19(25)21(3,4)24(5)16-8-12-27-13-9-16/h14-16H,6-13H2,1-5H3,(H,22,25). The third-order valence-corrected chi connectivity index (χ3v) is 6.82. The van der Waals surface area contributed by atoms with Gasteiger partial charge in [-0.15, -0.1) is 0 Å². The van der Waals surface area contributed by atoms with Crippen molar-refractivity contribution >= 4 is 11.8 Å². The maximum absolute atomic E-state index is 13.0. The molecule has 0 aliphatic carbocycles. The summed E-state index contributed by atoms with van der Waals surface area (Å²) in [5, 5.41) is 7.20. The number of nitrogens with zero attached hydrogens (tertiary/aromatic N) is 2. The van der Waals surface area contributed by atoms with Crippen molar-refractivity contribution in [3.05, 3.63) is 11.8 Å². The summed E-state index contributed by atoms with van der Waals surface area (Å²) in [6, 6.07) is 2.21. The molecule has 0 atom stereocenters. The Morgan fingerprint density at radius 2 is 1.64 bits per heavy atom. The van der Waals surface area contributed by atoms with E-state index in [1.165, 1.54) is 0 Å². The molecule has 7 nitrogen and oxygen atoms in total. The second kappa shape index (κ2) is 8.51. The molecular weight excluding hydrogens is 358 g/mol. The van der Waals surface area contributed by atoms with Crippen LogP contribution in [0.25, 0.3) is 0 Å². The van der Waals surface area contributed by atoms with Gasteiger partial charge < -0.3 is 14.0 Å². The minimum absolute atomic E-state index is 0.0898. The Morgan fingerprint density at radius 3 is 2.25 bits per heavy atom. The number of hydrogen-bond acceptors (Lipinski definition) is 6. The number of amides is 1. The summed E-state index contributed by atoms with van der Waals surface area (Å²) in [5.74, 6) is 0.813. The molecule has 0 aromatic carbocycles. The number of likely N-dealkylation sites (N-methyl/N-ethyl adjacent to an activating group) is 1. The van der Waals surface area contributed by atoms with Crippen LogP contribution in [0, 0.1) is 5.92 Å². The molecule has 1 N–H and O–H groups in total. The van der Waals surface area contributed by atoms with Gasteiger partial charge in [0.25, 0.3) is 0 Å². The predicted octanol–water partition coefficient (Wildman–Crippen LogP) is 3.21. The Kier molecular flexibility index (Phi) is 6.47. The van der Waals surface area contributed by atoms with E-state index in [9.17, 15) is 4.79 Å². The number of hydrogen-bond donors (Lipinski definition) is 1. The van der Waals surface area contributed by atoms with Crippen molar-refractivity contribution in [3.63, 3.8) is 0 Å². The van der Waals surface area contributed by atoms with Gasteiger partial charge in [0.05, 0.1) is 11.2 Å². The zero-order valence-electron chi connectivity index (χ0n) is 17.9. The quantitative estimate of drug-likeness (QED) is 0.800. The van der Waals surface area contributed by atoms with Crippen LogP contribution in [0.15, 0.2) is 10.6 Å². The zero-order chi connectivity index (χ0) is 20.4. The fourth-order valence-electron chi connectivity index (χ4n) is 4.22. The van der Waals surface area contributed by atoms with Gasteiger partial charge in [-0.2, -0.15) is 0 Å². The van der Waals surface area contributed by atoms with Gasteiger partial charge in [-0.25, -0.2) is 0 Å². The van der Waals surface area contributed by atoms with E-state index < -0.39 is 5.54 Å². The molecule has 0 spiro atoms. The Bertz CT molecular complexity index is 658. The van der Waals surface area contributed by atoms with Crippen LogP contribution in [0.4, 0.5) is 5.88 Å². The number of rotatable bonds is 6. The summed E-state index contributed by atoms with van der Waals surface area (Å²) >= 11 is 0. The van der Waals surface area contributed by atoms with Gasteiger partial charge in [-0.05, 0) is 52.5 Å². The SMILES string of the molecule is CN(C1CCOCC1)C(C)(C)C(=O)Nc1cc(C(C)(C)C2CCOCC2)no1. The van der Waals surface area contributed by atoms with Gasteiger partial charge in [0, 0.05) is 44.0 Å². The number of nitrogens with one attached hydrogen (secondary N) is 1. The molecule has 0 saturated carbocycles. The molecule has 158 valence electrons. The number of carbonyl (C=O) groups excluding carboxylic acids is 1. The number of ether oxygens (including phenoxy) is 2. The monoisotopic (exact) mass is 393 g/mol. The predicted molar refractivity (Wildman–Crippen MR) is 107 cm³/mol. The summed E-state index contributed by atoms with van der Waals surface area (Å²) in [6.07, 6.45) is 3.92. The Balaban J connectivity index is 1.65. The molecule has 0 radical (unpaired) electrons. The third kappa shape index (κ3) is 4.42. The highest BCUT2D eigenvalue weighted by molar-refractivity contribution is 5.96. The van der Waals surface area contributed by atoms with Crippen LogP contribution in [0.2, 0.25) is 0 Å². The fourth-order valence-corrected chi connectivity index (χ4v) is 4.22. The number of anilines is 1. The lowest BCUT2D eigenvalue weighted by Crippen LogP contribution is -2.55. The van der Waals surface area contributed by atoms with E-state index in [4.69, 9.17) is 14.0 Å². The molecule has 1 aromatic heterocycles. The van der Waals surface area contributed by atoms with E-state index in [0.29, 0.717) is 17.8 Å². The molecule has 1 aromatic rings. The van der Waals surface area contributed by atoms with Crippen molar-refractivity contribution in [2.45, 2.75) is 70.4 Å². The molecular formula is C21H35N3O4. The minimum Gasteiger partial charge on any atom is -0.381 e. The topological polar surface area (TPSA) is 76.8 Å². The van der Waals surface area contributed by atoms with Gasteiger partial charge in [0.1, 0.15) is 0 Å². The third-order valence-electron chi connectivity index (χ3n) is 6.82. The second-order valence-corrected chi connectivity index (χ2v) is 9.15. The molecule has 2 fully saturated rings. The van der Waals surface area contributed by atoms with Gasteiger partial charge in [0.15, 0.2) is 0 Å². The van der Waals surface area contributed by atoms with Crippen molar-refractivity contribution in [3.8, 4) is 0 Å². The lowest BCUT2D eigenvalue weighted by Gasteiger charge is -2.41. The van der Waals surface area contributed by atoms with Gasteiger partial charge in [0.2, 0.25) is 11.8 Å². The van der Waals surface area contributed by atoms with Crippen molar-refractivity contribution < 1.29 is 18.8 Å². The summed E-state index contributed by atoms with van der Waals surface area (Å²) < 4.78 is 16.4. The molecule has 2 saturated heterocycles. The normalized spacial score (nSPS) is 20.5. The van der Waals surface area contributed by atoms with Crippen molar-refractivity contribution in [1.82, 2.24) is 10.1 Å². The summed E-state index contributed by atoms with van der Waals surface area (Å²) in [7, 11) is 2.01. The smallest absolute Gasteiger partial charge is 0.246 e. The molecule has 0 unspecified atom stereocenters. The van der Waals surface area contributed by atoms with E-state index >= 15 is 0 Å². The summed E-state index contributed by atoms with van der Waals surface area (Å²) in [5.41, 5.74) is 0.0980. The molecule has 28 heavy (non-hydrogen) atoms. The van der Waals surface area contributed by atoms with E-state index in [1.54, 1.807) is 0 Å². The van der Waals surface area contributed by atoms with Crippen LogP contribution in [0.3, 0.4) is 0 Å². The summed E-state index contributed by atoms with van der Waals surface area (Å²) in [6.45, 7) is 11.4. The lowest BCUT2D eigenvalue weighted by atomic mass is 9.72. The Labute approximate surface area is 168 Å². The van der Waals surface area contributed by atoms with Gasteiger partial charge >= 0.3 is 0 Å². The Hall–Kier alpha value is -1.44. The second-order valence-electron chi connectivity index (χ2n) is 9.15. The van der Waals surface area contributed by atoms with E-state index in [2.05, 4.69) is 29.2 Å². The molecule has 0 bridgehead atoms. The zero-order valence-corrected chi connectivity index (χ0v) is 17.9. The minimum atomic E-state index is -0.662. The van der Waals surface area contributed by atoms with Crippen molar-refractivity contribution in [2.75, 3.05) is 38.8 Å². The maximum Gasteiger partial charge on any atom is 0.246 e. The first-order valence-corrected chi connectivity index (χ1v) is 10.4. The first kappa shape index (κ1) is 21.3. The van der Waals surface area contributed by atoms with Gasteiger partial charge in [-0.1, -0.05) is 19.0 Å².